The minimum atomic E-state index is -0.910. The van der Waals surface area contributed by atoms with Gasteiger partial charge in [0.15, 0.2) is 0 Å². The molecule has 1 aromatic carbocycles. The molecule has 5 heteroatoms. The minimum absolute atomic E-state index is 0.145. The lowest BCUT2D eigenvalue weighted by Gasteiger charge is -2.23. The highest BCUT2D eigenvalue weighted by atomic mass is 16.4. The third kappa shape index (κ3) is 4.57. The lowest BCUT2D eigenvalue weighted by Crippen LogP contribution is -2.40. The summed E-state index contributed by atoms with van der Waals surface area (Å²) in [5.41, 5.74) is 6.43. The van der Waals surface area contributed by atoms with Crippen LogP contribution in [0.25, 0.3) is 0 Å². The summed E-state index contributed by atoms with van der Waals surface area (Å²) in [6.07, 6.45) is 1.38. The molecule has 1 rings (SSSR count). The Hall–Kier alpha value is -2.04. The number of nitrogens with two attached hydrogens (primary N) is 1. The standard InChI is InChI=1S/C15H22N2O3/c1-3-15(2,14(19)20)10-17-13(18)8-7-11-5-4-6-12(16)9-11/h4-6,9H,3,7-8,10,16H2,1-2H3,(H,17,18)(H,19,20). The second kappa shape index (κ2) is 6.93. The molecule has 0 heterocycles. The Morgan fingerprint density at radius 1 is 1.40 bits per heavy atom. The van der Waals surface area contributed by atoms with Crippen molar-refractivity contribution in [3.05, 3.63) is 29.8 Å². The van der Waals surface area contributed by atoms with Crippen LogP contribution in [0.4, 0.5) is 5.69 Å². The van der Waals surface area contributed by atoms with Gasteiger partial charge >= 0.3 is 5.97 Å². The zero-order valence-corrected chi connectivity index (χ0v) is 12.0. The number of carbonyl (C=O) groups is 2. The topological polar surface area (TPSA) is 92.4 Å². The highest BCUT2D eigenvalue weighted by Crippen LogP contribution is 2.20. The molecule has 0 aliphatic rings. The maximum Gasteiger partial charge on any atom is 0.311 e. The molecule has 20 heavy (non-hydrogen) atoms. The maximum absolute atomic E-state index is 11.8. The zero-order valence-electron chi connectivity index (χ0n) is 12.0. The van der Waals surface area contributed by atoms with Crippen LogP contribution in [0, 0.1) is 5.41 Å². The molecule has 1 atom stereocenters. The summed E-state index contributed by atoms with van der Waals surface area (Å²) in [5, 5.41) is 11.8. The van der Waals surface area contributed by atoms with Crippen molar-refractivity contribution in [3.63, 3.8) is 0 Å². The maximum atomic E-state index is 11.8. The molecule has 5 nitrogen and oxygen atoms in total. The molecule has 1 unspecified atom stereocenters. The number of nitrogen functional groups attached to an aromatic ring is 1. The number of carboxylic acids is 1. The lowest BCUT2D eigenvalue weighted by molar-refractivity contribution is -0.148. The summed E-state index contributed by atoms with van der Waals surface area (Å²) >= 11 is 0. The number of rotatable bonds is 7. The van der Waals surface area contributed by atoms with Crippen LogP contribution in [0.3, 0.4) is 0 Å². The van der Waals surface area contributed by atoms with Gasteiger partial charge in [0.1, 0.15) is 0 Å². The molecule has 110 valence electrons. The van der Waals surface area contributed by atoms with Gasteiger partial charge in [-0.1, -0.05) is 19.1 Å². The first kappa shape index (κ1) is 16.0. The largest absolute Gasteiger partial charge is 0.481 e. The Kier molecular flexibility index (Phi) is 5.55. The number of aliphatic carboxylic acids is 1. The number of anilines is 1. The Balaban J connectivity index is 2.43. The van der Waals surface area contributed by atoms with Crippen molar-refractivity contribution < 1.29 is 14.7 Å². The van der Waals surface area contributed by atoms with E-state index in [0.29, 0.717) is 24.9 Å². The first-order chi connectivity index (χ1) is 9.37. The number of carbonyl (C=O) groups excluding carboxylic acids is 1. The third-order valence-electron chi connectivity index (χ3n) is 3.56. The highest BCUT2D eigenvalue weighted by molar-refractivity contribution is 5.79. The smallest absolute Gasteiger partial charge is 0.311 e. The lowest BCUT2D eigenvalue weighted by atomic mass is 9.87. The first-order valence-electron chi connectivity index (χ1n) is 6.72. The summed E-state index contributed by atoms with van der Waals surface area (Å²) in [5.74, 6) is -1.04. The summed E-state index contributed by atoms with van der Waals surface area (Å²) in [6.45, 7) is 3.58. The number of hydrogen-bond donors (Lipinski definition) is 3. The fourth-order valence-corrected chi connectivity index (χ4v) is 1.74. The Bertz CT molecular complexity index is 488. The van der Waals surface area contributed by atoms with Crippen LogP contribution in [-0.2, 0) is 16.0 Å². The van der Waals surface area contributed by atoms with E-state index < -0.39 is 11.4 Å². The SMILES string of the molecule is CCC(C)(CNC(=O)CCc1cccc(N)c1)C(=O)O. The van der Waals surface area contributed by atoms with Crippen molar-refractivity contribution in [3.8, 4) is 0 Å². The van der Waals surface area contributed by atoms with Gasteiger partial charge in [-0.3, -0.25) is 9.59 Å². The summed E-state index contributed by atoms with van der Waals surface area (Å²) in [6, 6.07) is 7.39. The van der Waals surface area contributed by atoms with Gasteiger partial charge in [-0.25, -0.2) is 0 Å². The van der Waals surface area contributed by atoms with Crippen molar-refractivity contribution >= 4 is 17.6 Å². The molecule has 0 fully saturated rings. The third-order valence-corrected chi connectivity index (χ3v) is 3.56. The number of benzene rings is 1. The molecule has 0 bridgehead atoms. The summed E-state index contributed by atoms with van der Waals surface area (Å²) < 4.78 is 0. The Labute approximate surface area is 119 Å². The molecular formula is C15H22N2O3. The van der Waals surface area contributed by atoms with Crippen LogP contribution in [0.1, 0.15) is 32.3 Å². The minimum Gasteiger partial charge on any atom is -0.481 e. The average Bonchev–Trinajstić information content (AvgIpc) is 2.42. The molecule has 0 saturated heterocycles. The Morgan fingerprint density at radius 2 is 2.10 bits per heavy atom. The van der Waals surface area contributed by atoms with Crippen molar-refractivity contribution in [1.82, 2.24) is 5.32 Å². The van der Waals surface area contributed by atoms with E-state index in [0.717, 1.165) is 5.56 Å². The number of nitrogens with one attached hydrogen (secondary N) is 1. The number of amides is 1. The molecule has 4 N–H and O–H groups in total. The normalized spacial score (nSPS) is 13.5. The quantitative estimate of drug-likeness (QED) is 0.663. The fraction of sp³-hybridized carbons (Fsp3) is 0.467. The molecule has 0 radical (unpaired) electrons. The van der Waals surface area contributed by atoms with Crippen molar-refractivity contribution in [2.75, 3.05) is 12.3 Å². The monoisotopic (exact) mass is 278 g/mol. The van der Waals surface area contributed by atoms with Crippen LogP contribution >= 0.6 is 0 Å². The van der Waals surface area contributed by atoms with Gasteiger partial charge in [-0.05, 0) is 37.5 Å². The van der Waals surface area contributed by atoms with Gasteiger partial charge in [-0.2, -0.15) is 0 Å². The molecule has 0 spiro atoms. The first-order valence-corrected chi connectivity index (χ1v) is 6.72. The molecule has 0 aliphatic heterocycles. The van der Waals surface area contributed by atoms with Crippen LogP contribution in [-0.4, -0.2) is 23.5 Å². The van der Waals surface area contributed by atoms with Crippen LogP contribution in [0.2, 0.25) is 0 Å². The molecule has 0 aromatic heterocycles. The van der Waals surface area contributed by atoms with Gasteiger partial charge < -0.3 is 16.2 Å². The predicted molar refractivity (Wildman–Crippen MR) is 78.2 cm³/mol. The number of hydrogen-bond acceptors (Lipinski definition) is 3. The Morgan fingerprint density at radius 3 is 2.65 bits per heavy atom. The summed E-state index contributed by atoms with van der Waals surface area (Å²) in [4.78, 5) is 22.9. The van der Waals surface area contributed by atoms with Gasteiger partial charge in [0.25, 0.3) is 0 Å². The van der Waals surface area contributed by atoms with E-state index in [2.05, 4.69) is 5.32 Å². The zero-order chi connectivity index (χ0) is 15.2. The second-order valence-electron chi connectivity index (χ2n) is 5.24. The van der Waals surface area contributed by atoms with E-state index in [-0.39, 0.29) is 12.5 Å². The average molecular weight is 278 g/mol. The van der Waals surface area contributed by atoms with Crippen LogP contribution < -0.4 is 11.1 Å². The van der Waals surface area contributed by atoms with E-state index in [9.17, 15) is 9.59 Å². The molecule has 1 amide bonds. The number of aryl methyl sites for hydroxylation is 1. The van der Waals surface area contributed by atoms with Crippen LogP contribution in [0.5, 0.6) is 0 Å². The predicted octanol–water partition coefficient (Wildman–Crippen LogP) is 1.82. The van der Waals surface area contributed by atoms with Gasteiger partial charge in [-0.15, -0.1) is 0 Å². The molecular weight excluding hydrogens is 256 g/mol. The van der Waals surface area contributed by atoms with Crippen molar-refractivity contribution in [2.45, 2.75) is 33.1 Å². The van der Waals surface area contributed by atoms with E-state index in [1.165, 1.54) is 0 Å². The second-order valence-corrected chi connectivity index (χ2v) is 5.24. The molecule has 1 aromatic rings. The number of carboxylic acid groups (broad SMARTS) is 1. The van der Waals surface area contributed by atoms with Gasteiger partial charge in [0.2, 0.25) is 5.91 Å². The van der Waals surface area contributed by atoms with Gasteiger partial charge in [0.05, 0.1) is 5.41 Å². The van der Waals surface area contributed by atoms with Gasteiger partial charge in [0, 0.05) is 18.7 Å². The van der Waals surface area contributed by atoms with E-state index in [4.69, 9.17) is 10.8 Å². The van der Waals surface area contributed by atoms with E-state index in [1.54, 1.807) is 19.9 Å². The molecule has 0 aliphatic carbocycles. The molecule has 0 saturated carbocycles. The van der Waals surface area contributed by atoms with E-state index >= 15 is 0 Å². The van der Waals surface area contributed by atoms with Crippen LogP contribution in [0.15, 0.2) is 24.3 Å². The fourth-order valence-electron chi connectivity index (χ4n) is 1.74. The highest BCUT2D eigenvalue weighted by Gasteiger charge is 2.31. The van der Waals surface area contributed by atoms with E-state index in [1.807, 2.05) is 18.2 Å². The van der Waals surface area contributed by atoms with Crippen molar-refractivity contribution in [2.24, 2.45) is 5.41 Å². The van der Waals surface area contributed by atoms with Crippen molar-refractivity contribution in [1.29, 1.82) is 0 Å². The summed E-state index contributed by atoms with van der Waals surface area (Å²) in [7, 11) is 0.